The van der Waals surface area contributed by atoms with Gasteiger partial charge in [0.15, 0.2) is 0 Å². The molecule has 0 aliphatic carbocycles. The Morgan fingerprint density at radius 1 is 1.33 bits per heavy atom. The van der Waals surface area contributed by atoms with E-state index in [4.69, 9.17) is 5.73 Å². The predicted molar refractivity (Wildman–Crippen MR) is 62.7 cm³/mol. The van der Waals surface area contributed by atoms with E-state index in [1.54, 1.807) is 12.4 Å². The molecule has 0 bridgehead atoms. The maximum atomic E-state index is 5.54. The average Bonchev–Trinajstić information content (AvgIpc) is 2.30. The van der Waals surface area contributed by atoms with E-state index in [1.165, 1.54) is 12.8 Å². The Morgan fingerprint density at radius 3 is 2.73 bits per heavy atom. The van der Waals surface area contributed by atoms with Crippen LogP contribution in [0.5, 0.6) is 0 Å². The number of rotatable bonds is 6. The first-order valence-electron chi connectivity index (χ1n) is 5.57. The second-order valence-electron chi connectivity index (χ2n) is 3.51. The Hall–Kier alpha value is -1.16. The van der Waals surface area contributed by atoms with Crippen molar-refractivity contribution < 1.29 is 0 Å². The van der Waals surface area contributed by atoms with E-state index in [0.717, 1.165) is 24.6 Å². The van der Waals surface area contributed by atoms with Crippen LogP contribution in [0.25, 0.3) is 0 Å². The lowest BCUT2D eigenvalue weighted by atomic mass is 10.3. The van der Waals surface area contributed by atoms with Crippen molar-refractivity contribution in [2.45, 2.75) is 33.2 Å². The van der Waals surface area contributed by atoms with E-state index in [9.17, 15) is 0 Å². The van der Waals surface area contributed by atoms with E-state index >= 15 is 0 Å². The van der Waals surface area contributed by atoms with Crippen molar-refractivity contribution in [1.82, 2.24) is 9.97 Å². The zero-order valence-electron chi connectivity index (χ0n) is 9.61. The topological polar surface area (TPSA) is 55.0 Å². The number of aromatic nitrogens is 2. The molecule has 0 aromatic carbocycles. The van der Waals surface area contributed by atoms with Gasteiger partial charge in [-0.25, -0.2) is 4.98 Å². The molecule has 0 fully saturated rings. The maximum absolute atomic E-state index is 5.54. The smallest absolute Gasteiger partial charge is 0.147 e. The third-order valence-corrected chi connectivity index (χ3v) is 2.37. The fourth-order valence-corrected chi connectivity index (χ4v) is 1.43. The van der Waals surface area contributed by atoms with E-state index < -0.39 is 0 Å². The van der Waals surface area contributed by atoms with E-state index in [1.807, 2.05) is 0 Å². The minimum atomic E-state index is 0.451. The number of nitrogens with zero attached hydrogens (tertiary/aromatic N) is 3. The van der Waals surface area contributed by atoms with Crippen LogP contribution in [-0.4, -0.2) is 23.1 Å². The Bertz CT molecular complexity index is 288. The van der Waals surface area contributed by atoms with Gasteiger partial charge < -0.3 is 10.6 Å². The van der Waals surface area contributed by atoms with Crippen molar-refractivity contribution in [3.05, 3.63) is 18.1 Å². The Kier molecular flexibility index (Phi) is 5.04. The van der Waals surface area contributed by atoms with Gasteiger partial charge in [-0.05, 0) is 13.3 Å². The Balaban J connectivity index is 2.72. The highest BCUT2D eigenvalue weighted by atomic mass is 15.2. The summed E-state index contributed by atoms with van der Waals surface area (Å²) >= 11 is 0. The first-order chi connectivity index (χ1) is 7.31. The minimum Gasteiger partial charge on any atom is -0.356 e. The molecule has 0 aliphatic rings. The first-order valence-corrected chi connectivity index (χ1v) is 5.57. The molecule has 15 heavy (non-hydrogen) atoms. The van der Waals surface area contributed by atoms with Crippen molar-refractivity contribution in [2.24, 2.45) is 5.73 Å². The molecule has 1 rings (SSSR count). The Morgan fingerprint density at radius 2 is 2.13 bits per heavy atom. The third-order valence-electron chi connectivity index (χ3n) is 2.37. The summed E-state index contributed by atoms with van der Waals surface area (Å²) in [7, 11) is 0. The molecule has 1 heterocycles. The highest BCUT2D eigenvalue weighted by Crippen LogP contribution is 2.10. The van der Waals surface area contributed by atoms with Crippen molar-refractivity contribution in [3.63, 3.8) is 0 Å². The van der Waals surface area contributed by atoms with E-state index in [-0.39, 0.29) is 0 Å². The van der Waals surface area contributed by atoms with Crippen LogP contribution in [0.4, 0.5) is 5.82 Å². The second-order valence-corrected chi connectivity index (χ2v) is 3.51. The minimum absolute atomic E-state index is 0.451. The molecule has 84 valence electrons. The van der Waals surface area contributed by atoms with Gasteiger partial charge in [0.1, 0.15) is 5.82 Å². The molecule has 1 aromatic heterocycles. The number of anilines is 1. The van der Waals surface area contributed by atoms with Crippen LogP contribution in [-0.2, 0) is 6.54 Å². The summed E-state index contributed by atoms with van der Waals surface area (Å²) in [6.07, 6.45) is 5.90. The monoisotopic (exact) mass is 208 g/mol. The highest BCUT2D eigenvalue weighted by Gasteiger charge is 2.05. The van der Waals surface area contributed by atoms with Crippen LogP contribution in [0.2, 0.25) is 0 Å². The molecule has 0 aliphatic heterocycles. The number of hydrogen-bond acceptors (Lipinski definition) is 4. The summed E-state index contributed by atoms with van der Waals surface area (Å²) in [5.74, 6) is 0.939. The van der Waals surface area contributed by atoms with E-state index in [2.05, 4.69) is 28.7 Å². The molecule has 4 nitrogen and oxygen atoms in total. The van der Waals surface area contributed by atoms with Crippen molar-refractivity contribution in [2.75, 3.05) is 18.0 Å². The molecular formula is C11H20N4. The molecule has 0 spiro atoms. The molecule has 4 heteroatoms. The zero-order chi connectivity index (χ0) is 11.1. The van der Waals surface area contributed by atoms with Gasteiger partial charge in [-0.1, -0.05) is 13.3 Å². The van der Waals surface area contributed by atoms with Crippen LogP contribution >= 0.6 is 0 Å². The van der Waals surface area contributed by atoms with Gasteiger partial charge in [0.05, 0.1) is 11.9 Å². The molecule has 2 N–H and O–H groups in total. The molecule has 0 saturated carbocycles. The molecular weight excluding hydrogens is 188 g/mol. The summed E-state index contributed by atoms with van der Waals surface area (Å²) in [4.78, 5) is 10.8. The number of hydrogen-bond donors (Lipinski definition) is 1. The lowest BCUT2D eigenvalue weighted by Gasteiger charge is -2.21. The summed E-state index contributed by atoms with van der Waals surface area (Å²) in [5, 5.41) is 0. The lowest BCUT2D eigenvalue weighted by molar-refractivity contribution is 0.719. The van der Waals surface area contributed by atoms with Crippen LogP contribution < -0.4 is 10.6 Å². The van der Waals surface area contributed by atoms with Crippen molar-refractivity contribution in [1.29, 1.82) is 0 Å². The van der Waals surface area contributed by atoms with Gasteiger partial charge in [0.25, 0.3) is 0 Å². The molecule has 0 atom stereocenters. The number of unbranched alkanes of at least 4 members (excludes halogenated alkanes) is 1. The van der Waals surface area contributed by atoms with E-state index in [0.29, 0.717) is 6.54 Å². The van der Waals surface area contributed by atoms with Crippen LogP contribution in [0, 0.1) is 0 Å². The van der Waals surface area contributed by atoms with Crippen LogP contribution in [0.15, 0.2) is 12.4 Å². The number of nitrogens with two attached hydrogens (primary N) is 1. The van der Waals surface area contributed by atoms with Gasteiger partial charge >= 0.3 is 0 Å². The zero-order valence-corrected chi connectivity index (χ0v) is 9.61. The largest absolute Gasteiger partial charge is 0.356 e. The fourth-order valence-electron chi connectivity index (χ4n) is 1.43. The van der Waals surface area contributed by atoms with Crippen LogP contribution in [0.1, 0.15) is 32.4 Å². The van der Waals surface area contributed by atoms with Gasteiger partial charge in [-0.15, -0.1) is 0 Å². The molecule has 1 aromatic rings. The van der Waals surface area contributed by atoms with Crippen molar-refractivity contribution in [3.8, 4) is 0 Å². The highest BCUT2D eigenvalue weighted by molar-refractivity contribution is 5.35. The second kappa shape index (κ2) is 6.35. The SMILES string of the molecule is CCCCN(CC)c1cncc(CN)n1. The molecule has 0 amide bonds. The molecule has 0 saturated heterocycles. The maximum Gasteiger partial charge on any atom is 0.147 e. The van der Waals surface area contributed by atoms with Gasteiger partial charge in [-0.2, -0.15) is 0 Å². The molecule has 0 radical (unpaired) electrons. The summed E-state index contributed by atoms with van der Waals surface area (Å²) in [6.45, 7) is 6.77. The van der Waals surface area contributed by atoms with Crippen LogP contribution in [0.3, 0.4) is 0 Å². The van der Waals surface area contributed by atoms with Gasteiger partial charge in [0.2, 0.25) is 0 Å². The Labute approximate surface area is 91.5 Å². The first kappa shape index (κ1) is 11.9. The van der Waals surface area contributed by atoms with Gasteiger partial charge in [-0.3, -0.25) is 4.98 Å². The summed E-state index contributed by atoms with van der Waals surface area (Å²) < 4.78 is 0. The third kappa shape index (κ3) is 3.47. The predicted octanol–water partition coefficient (Wildman–Crippen LogP) is 1.56. The standard InChI is InChI=1S/C11H20N4/c1-3-5-6-15(4-2)11-9-13-8-10(7-12)14-11/h8-9H,3-7,12H2,1-2H3. The fraction of sp³-hybridized carbons (Fsp3) is 0.636. The summed E-state index contributed by atoms with van der Waals surface area (Å²) in [6, 6.07) is 0. The quantitative estimate of drug-likeness (QED) is 0.771. The average molecular weight is 208 g/mol. The normalized spacial score (nSPS) is 10.3. The summed E-state index contributed by atoms with van der Waals surface area (Å²) in [5.41, 5.74) is 6.39. The lowest BCUT2D eigenvalue weighted by Crippen LogP contribution is -2.25. The van der Waals surface area contributed by atoms with Gasteiger partial charge in [0, 0.05) is 25.8 Å². The van der Waals surface area contributed by atoms with Crippen molar-refractivity contribution >= 4 is 5.82 Å². The molecule has 0 unspecified atom stereocenters.